The Morgan fingerprint density at radius 3 is 2.31 bits per heavy atom. The standard InChI is InChI=1S/C22H18ClN3O5S/c1-15-19(7-4-8-21(15)26(28)29)24-22(27)14-11-16-9-12-17(13-10-16)32(30,31)25-20-6-3-2-5-18(20)23/h2-14,25H,1H3,(H,24,27)/b14-11+. The molecule has 2 N–H and O–H groups in total. The fourth-order valence-corrected chi connectivity index (χ4v) is 4.13. The molecule has 0 saturated carbocycles. The van der Waals surface area contributed by atoms with Crippen LogP contribution in [0.1, 0.15) is 11.1 Å². The van der Waals surface area contributed by atoms with Gasteiger partial charge in [-0.2, -0.15) is 0 Å². The second-order valence-electron chi connectivity index (χ2n) is 6.68. The first-order valence-corrected chi connectivity index (χ1v) is 11.1. The summed E-state index contributed by atoms with van der Waals surface area (Å²) in [5.41, 5.74) is 1.45. The Balaban J connectivity index is 1.69. The number of anilines is 2. The van der Waals surface area contributed by atoms with Gasteiger partial charge in [-0.15, -0.1) is 0 Å². The van der Waals surface area contributed by atoms with Crippen molar-refractivity contribution in [2.75, 3.05) is 10.0 Å². The van der Waals surface area contributed by atoms with Gasteiger partial charge in [0.2, 0.25) is 5.91 Å². The summed E-state index contributed by atoms with van der Waals surface area (Å²) in [6.07, 6.45) is 2.75. The lowest BCUT2D eigenvalue weighted by atomic mass is 10.1. The zero-order valence-electron chi connectivity index (χ0n) is 16.8. The van der Waals surface area contributed by atoms with E-state index in [1.165, 1.54) is 36.4 Å². The van der Waals surface area contributed by atoms with Crippen LogP contribution in [0.15, 0.2) is 77.7 Å². The summed E-state index contributed by atoms with van der Waals surface area (Å²) in [5.74, 6) is -0.481. The van der Waals surface area contributed by atoms with Crippen LogP contribution in [0.25, 0.3) is 6.08 Å². The number of halogens is 1. The van der Waals surface area contributed by atoms with E-state index in [0.29, 0.717) is 16.8 Å². The lowest BCUT2D eigenvalue weighted by molar-refractivity contribution is -0.385. The highest BCUT2D eigenvalue weighted by molar-refractivity contribution is 7.92. The predicted octanol–water partition coefficient (Wildman–Crippen LogP) is 5.01. The molecule has 0 saturated heterocycles. The maximum Gasteiger partial charge on any atom is 0.274 e. The molecule has 3 rings (SSSR count). The zero-order chi connectivity index (χ0) is 23.3. The van der Waals surface area contributed by atoms with E-state index in [0.717, 1.165) is 0 Å². The molecule has 0 aliphatic carbocycles. The van der Waals surface area contributed by atoms with E-state index in [2.05, 4.69) is 10.0 Å². The minimum Gasteiger partial charge on any atom is -0.322 e. The van der Waals surface area contributed by atoms with E-state index in [4.69, 9.17) is 11.6 Å². The number of carbonyl (C=O) groups excluding carboxylic acids is 1. The van der Waals surface area contributed by atoms with Gasteiger partial charge in [-0.05, 0) is 48.9 Å². The van der Waals surface area contributed by atoms with Crippen LogP contribution in [0.3, 0.4) is 0 Å². The van der Waals surface area contributed by atoms with Crippen molar-refractivity contribution in [1.82, 2.24) is 0 Å². The maximum atomic E-state index is 12.5. The molecule has 0 spiro atoms. The Labute approximate surface area is 189 Å². The van der Waals surface area contributed by atoms with Gasteiger partial charge in [0, 0.05) is 12.1 Å². The number of rotatable bonds is 7. The van der Waals surface area contributed by atoms with Crippen molar-refractivity contribution < 1.29 is 18.1 Å². The number of nitro groups is 1. The molecular weight excluding hydrogens is 454 g/mol. The van der Waals surface area contributed by atoms with Crippen LogP contribution in [-0.2, 0) is 14.8 Å². The SMILES string of the molecule is Cc1c(NC(=O)/C=C/c2ccc(S(=O)(=O)Nc3ccccc3Cl)cc2)cccc1[N+](=O)[O-]. The van der Waals surface area contributed by atoms with Crippen molar-refractivity contribution in [2.24, 2.45) is 0 Å². The molecule has 10 heteroatoms. The Bertz CT molecular complexity index is 1310. The van der Waals surface area contributed by atoms with Crippen LogP contribution < -0.4 is 10.0 Å². The number of para-hydroxylation sites is 1. The van der Waals surface area contributed by atoms with Gasteiger partial charge in [-0.3, -0.25) is 19.6 Å². The van der Waals surface area contributed by atoms with Crippen molar-refractivity contribution in [3.63, 3.8) is 0 Å². The average molecular weight is 472 g/mol. The maximum absolute atomic E-state index is 12.5. The number of hydrogen-bond donors (Lipinski definition) is 2. The average Bonchev–Trinajstić information content (AvgIpc) is 2.75. The summed E-state index contributed by atoms with van der Waals surface area (Å²) in [5, 5.41) is 13.9. The zero-order valence-corrected chi connectivity index (χ0v) is 18.4. The Kier molecular flexibility index (Phi) is 6.92. The number of nitro benzene ring substituents is 1. The molecule has 32 heavy (non-hydrogen) atoms. The van der Waals surface area contributed by atoms with Crippen LogP contribution in [-0.4, -0.2) is 19.2 Å². The van der Waals surface area contributed by atoms with Crippen LogP contribution >= 0.6 is 11.6 Å². The van der Waals surface area contributed by atoms with Gasteiger partial charge in [0.05, 0.1) is 31.8 Å². The Morgan fingerprint density at radius 2 is 1.66 bits per heavy atom. The number of nitrogens with zero attached hydrogens (tertiary/aromatic N) is 1. The molecule has 0 unspecified atom stereocenters. The molecule has 0 heterocycles. The summed E-state index contributed by atoms with van der Waals surface area (Å²) in [6.45, 7) is 1.55. The van der Waals surface area contributed by atoms with Crippen molar-refractivity contribution in [3.05, 3.63) is 99.1 Å². The molecule has 0 aromatic heterocycles. The van der Waals surface area contributed by atoms with Crippen molar-refractivity contribution in [1.29, 1.82) is 0 Å². The van der Waals surface area contributed by atoms with Crippen LogP contribution in [0.2, 0.25) is 5.02 Å². The van der Waals surface area contributed by atoms with Crippen LogP contribution in [0.4, 0.5) is 17.1 Å². The highest BCUT2D eigenvalue weighted by Crippen LogP contribution is 2.26. The third kappa shape index (κ3) is 5.51. The molecular formula is C22H18ClN3O5S. The molecule has 3 aromatic carbocycles. The lowest BCUT2D eigenvalue weighted by Crippen LogP contribution is -2.13. The summed E-state index contributed by atoms with van der Waals surface area (Å²) in [6, 6.07) is 16.8. The molecule has 0 atom stereocenters. The molecule has 0 radical (unpaired) electrons. The van der Waals surface area contributed by atoms with Gasteiger partial charge < -0.3 is 5.32 Å². The van der Waals surface area contributed by atoms with Gasteiger partial charge in [0.25, 0.3) is 15.7 Å². The Hall–Kier alpha value is -3.69. The second kappa shape index (κ2) is 9.63. The van der Waals surface area contributed by atoms with Gasteiger partial charge in [0.15, 0.2) is 0 Å². The number of carbonyl (C=O) groups is 1. The molecule has 164 valence electrons. The van der Waals surface area contributed by atoms with E-state index < -0.39 is 20.9 Å². The van der Waals surface area contributed by atoms with E-state index in [1.807, 2.05) is 0 Å². The number of hydrogen-bond acceptors (Lipinski definition) is 5. The topological polar surface area (TPSA) is 118 Å². The normalized spacial score (nSPS) is 11.3. The fraction of sp³-hybridized carbons (Fsp3) is 0.0455. The number of nitrogens with one attached hydrogen (secondary N) is 2. The smallest absolute Gasteiger partial charge is 0.274 e. The van der Waals surface area contributed by atoms with E-state index in [9.17, 15) is 23.3 Å². The van der Waals surface area contributed by atoms with Gasteiger partial charge in [0.1, 0.15) is 0 Å². The summed E-state index contributed by atoms with van der Waals surface area (Å²) < 4.78 is 27.5. The first-order chi connectivity index (χ1) is 15.2. The molecule has 8 nitrogen and oxygen atoms in total. The highest BCUT2D eigenvalue weighted by atomic mass is 35.5. The molecule has 0 aliphatic heterocycles. The minimum absolute atomic E-state index is 0.0336. The van der Waals surface area contributed by atoms with E-state index in [-0.39, 0.29) is 21.3 Å². The minimum atomic E-state index is -3.83. The number of benzene rings is 3. The summed E-state index contributed by atoms with van der Waals surface area (Å²) in [4.78, 5) is 22.7. The number of amides is 1. The first kappa shape index (κ1) is 23.0. The van der Waals surface area contributed by atoms with Gasteiger partial charge in [-0.1, -0.05) is 41.9 Å². The predicted molar refractivity (Wildman–Crippen MR) is 124 cm³/mol. The van der Waals surface area contributed by atoms with Crippen molar-refractivity contribution in [3.8, 4) is 0 Å². The van der Waals surface area contributed by atoms with Gasteiger partial charge in [-0.25, -0.2) is 8.42 Å². The lowest BCUT2D eigenvalue weighted by Gasteiger charge is -2.09. The fourth-order valence-electron chi connectivity index (χ4n) is 2.81. The monoisotopic (exact) mass is 471 g/mol. The van der Waals surface area contributed by atoms with E-state index >= 15 is 0 Å². The molecule has 3 aromatic rings. The first-order valence-electron chi connectivity index (χ1n) is 9.28. The Morgan fingerprint density at radius 1 is 1.00 bits per heavy atom. The van der Waals surface area contributed by atoms with Crippen molar-refractivity contribution >= 4 is 50.7 Å². The summed E-state index contributed by atoms with van der Waals surface area (Å²) >= 11 is 6.00. The van der Waals surface area contributed by atoms with Gasteiger partial charge >= 0.3 is 0 Å². The van der Waals surface area contributed by atoms with Crippen molar-refractivity contribution in [2.45, 2.75) is 11.8 Å². The molecule has 0 aliphatic rings. The quantitative estimate of drug-likeness (QED) is 0.285. The number of sulfonamides is 1. The summed E-state index contributed by atoms with van der Waals surface area (Å²) in [7, 11) is -3.83. The van der Waals surface area contributed by atoms with E-state index in [1.54, 1.807) is 49.4 Å². The second-order valence-corrected chi connectivity index (χ2v) is 8.77. The molecule has 0 bridgehead atoms. The largest absolute Gasteiger partial charge is 0.322 e. The van der Waals surface area contributed by atoms with Crippen LogP contribution in [0, 0.1) is 17.0 Å². The third-order valence-electron chi connectivity index (χ3n) is 4.50. The molecule has 1 amide bonds. The van der Waals surface area contributed by atoms with Crippen LogP contribution in [0.5, 0.6) is 0 Å². The third-order valence-corrected chi connectivity index (χ3v) is 6.21. The molecule has 0 fully saturated rings. The highest BCUT2D eigenvalue weighted by Gasteiger charge is 2.16.